The number of hydrogen-bond donors (Lipinski definition) is 2. The van der Waals surface area contributed by atoms with Gasteiger partial charge in [-0.3, -0.25) is 11.3 Å². The zero-order valence-corrected chi connectivity index (χ0v) is 12.1. The van der Waals surface area contributed by atoms with Crippen LogP contribution in [0.25, 0.3) is 0 Å². The summed E-state index contributed by atoms with van der Waals surface area (Å²) in [4.78, 5) is 0. The van der Waals surface area contributed by atoms with Gasteiger partial charge in [-0.2, -0.15) is 0 Å². The Kier molecular flexibility index (Phi) is 6.62. The molecule has 0 saturated carbocycles. The van der Waals surface area contributed by atoms with E-state index in [0.29, 0.717) is 0 Å². The minimum Gasteiger partial charge on any atom is -0.497 e. The van der Waals surface area contributed by atoms with Gasteiger partial charge in [-0.1, -0.05) is 6.07 Å². The third kappa shape index (κ3) is 4.38. The van der Waals surface area contributed by atoms with Crippen LogP contribution in [0.2, 0.25) is 0 Å². The smallest absolute Gasteiger partial charge is 0.127 e. The van der Waals surface area contributed by atoms with Crippen LogP contribution in [0, 0.1) is 0 Å². The fourth-order valence-corrected chi connectivity index (χ4v) is 1.95. The van der Waals surface area contributed by atoms with E-state index in [-0.39, 0.29) is 12.1 Å². The molecule has 5 nitrogen and oxygen atoms in total. The third-order valence-electron chi connectivity index (χ3n) is 3.28. The molecule has 0 aliphatic rings. The molecule has 0 aliphatic carbocycles. The molecule has 0 radical (unpaired) electrons. The first-order valence-corrected chi connectivity index (χ1v) is 6.37. The van der Waals surface area contributed by atoms with E-state index in [1.807, 2.05) is 25.1 Å². The second kappa shape index (κ2) is 7.99. The van der Waals surface area contributed by atoms with Crippen molar-refractivity contribution in [3.63, 3.8) is 0 Å². The predicted molar refractivity (Wildman–Crippen MR) is 75.3 cm³/mol. The summed E-state index contributed by atoms with van der Waals surface area (Å²) in [6, 6.07) is 5.76. The molecule has 19 heavy (non-hydrogen) atoms. The van der Waals surface area contributed by atoms with E-state index < -0.39 is 0 Å². The van der Waals surface area contributed by atoms with E-state index >= 15 is 0 Å². The number of hydrogen-bond acceptors (Lipinski definition) is 5. The summed E-state index contributed by atoms with van der Waals surface area (Å²) in [5.41, 5.74) is 3.86. The minimum absolute atomic E-state index is 0.0263. The van der Waals surface area contributed by atoms with Crippen LogP contribution in [0.15, 0.2) is 18.2 Å². The summed E-state index contributed by atoms with van der Waals surface area (Å²) in [7, 11) is 4.99. The summed E-state index contributed by atoms with van der Waals surface area (Å²) in [5.74, 6) is 7.19. The zero-order chi connectivity index (χ0) is 14.3. The van der Waals surface area contributed by atoms with Gasteiger partial charge in [0.2, 0.25) is 0 Å². The van der Waals surface area contributed by atoms with Crippen LogP contribution in [-0.4, -0.2) is 27.4 Å². The molecule has 0 heterocycles. The summed E-state index contributed by atoms with van der Waals surface area (Å²) >= 11 is 0. The Labute approximate surface area is 115 Å². The molecule has 2 unspecified atom stereocenters. The number of ether oxygens (including phenoxy) is 3. The summed E-state index contributed by atoms with van der Waals surface area (Å²) < 4.78 is 15.8. The maximum Gasteiger partial charge on any atom is 0.127 e. The van der Waals surface area contributed by atoms with Gasteiger partial charge in [-0.05, 0) is 25.8 Å². The number of methoxy groups -OCH3 is 3. The van der Waals surface area contributed by atoms with Crippen LogP contribution in [-0.2, 0) is 4.74 Å². The Balaban J connectivity index is 2.85. The standard InChI is InChI=1S/C14H24N2O3/c1-10(17-2)5-8-13(16-15)12-7-6-11(18-3)9-14(12)19-4/h6-7,9-10,13,16H,5,8,15H2,1-4H3. The van der Waals surface area contributed by atoms with E-state index in [9.17, 15) is 0 Å². The molecule has 108 valence electrons. The number of nitrogens with two attached hydrogens (primary N) is 1. The summed E-state index contributed by atoms with van der Waals surface area (Å²) in [6.45, 7) is 2.04. The van der Waals surface area contributed by atoms with E-state index in [1.165, 1.54) is 0 Å². The van der Waals surface area contributed by atoms with Crippen molar-refractivity contribution in [1.82, 2.24) is 5.43 Å². The van der Waals surface area contributed by atoms with Gasteiger partial charge in [-0.15, -0.1) is 0 Å². The summed E-state index contributed by atoms with van der Waals surface area (Å²) in [5, 5.41) is 0. The third-order valence-corrected chi connectivity index (χ3v) is 3.28. The maximum absolute atomic E-state index is 5.65. The highest BCUT2D eigenvalue weighted by atomic mass is 16.5. The molecule has 0 aliphatic heterocycles. The van der Waals surface area contributed by atoms with Gasteiger partial charge in [-0.25, -0.2) is 0 Å². The van der Waals surface area contributed by atoms with Crippen molar-refractivity contribution in [3.8, 4) is 11.5 Å². The molecule has 5 heteroatoms. The Hall–Kier alpha value is -1.30. The van der Waals surface area contributed by atoms with Crippen LogP contribution >= 0.6 is 0 Å². The van der Waals surface area contributed by atoms with Crippen molar-refractivity contribution in [2.24, 2.45) is 5.84 Å². The second-order valence-electron chi connectivity index (χ2n) is 4.45. The molecule has 0 fully saturated rings. The molecule has 1 aromatic carbocycles. The van der Waals surface area contributed by atoms with Crippen molar-refractivity contribution in [3.05, 3.63) is 23.8 Å². The largest absolute Gasteiger partial charge is 0.497 e. The molecular weight excluding hydrogens is 244 g/mol. The number of hydrazine groups is 1. The Morgan fingerprint density at radius 1 is 1.16 bits per heavy atom. The van der Waals surface area contributed by atoms with Crippen LogP contribution in [0.1, 0.15) is 31.4 Å². The SMILES string of the molecule is COc1ccc(C(CCC(C)OC)NN)c(OC)c1. The molecule has 0 amide bonds. The van der Waals surface area contributed by atoms with Gasteiger partial charge in [0.15, 0.2) is 0 Å². The molecule has 1 rings (SSSR count). The van der Waals surface area contributed by atoms with E-state index in [0.717, 1.165) is 29.9 Å². The molecule has 0 aromatic heterocycles. The Morgan fingerprint density at radius 2 is 1.89 bits per heavy atom. The molecule has 2 atom stereocenters. The van der Waals surface area contributed by atoms with E-state index in [4.69, 9.17) is 20.1 Å². The Morgan fingerprint density at radius 3 is 2.42 bits per heavy atom. The molecule has 1 aromatic rings. The van der Waals surface area contributed by atoms with Crippen molar-refractivity contribution in [1.29, 1.82) is 0 Å². The monoisotopic (exact) mass is 268 g/mol. The van der Waals surface area contributed by atoms with E-state index in [1.54, 1.807) is 21.3 Å². The van der Waals surface area contributed by atoms with Crippen LogP contribution in [0.5, 0.6) is 11.5 Å². The average molecular weight is 268 g/mol. The Bertz CT molecular complexity index is 385. The minimum atomic E-state index is 0.0263. The molecule has 0 saturated heterocycles. The first kappa shape index (κ1) is 15.8. The van der Waals surface area contributed by atoms with Gasteiger partial charge in [0.05, 0.1) is 20.3 Å². The van der Waals surface area contributed by atoms with Crippen molar-refractivity contribution in [2.75, 3.05) is 21.3 Å². The topological polar surface area (TPSA) is 65.7 Å². The predicted octanol–water partition coefficient (Wildman–Crippen LogP) is 2.02. The molecule has 0 spiro atoms. The van der Waals surface area contributed by atoms with Crippen LogP contribution < -0.4 is 20.7 Å². The van der Waals surface area contributed by atoms with Crippen LogP contribution in [0.3, 0.4) is 0 Å². The van der Waals surface area contributed by atoms with Crippen molar-refractivity contribution in [2.45, 2.75) is 31.9 Å². The fourth-order valence-electron chi connectivity index (χ4n) is 1.95. The summed E-state index contributed by atoms with van der Waals surface area (Å²) in [6.07, 6.45) is 1.99. The van der Waals surface area contributed by atoms with Crippen molar-refractivity contribution >= 4 is 0 Å². The lowest BCUT2D eigenvalue weighted by atomic mass is 10.00. The van der Waals surface area contributed by atoms with Gasteiger partial charge < -0.3 is 14.2 Å². The van der Waals surface area contributed by atoms with Crippen LogP contribution in [0.4, 0.5) is 0 Å². The highest BCUT2D eigenvalue weighted by molar-refractivity contribution is 5.42. The van der Waals surface area contributed by atoms with Gasteiger partial charge >= 0.3 is 0 Å². The first-order valence-electron chi connectivity index (χ1n) is 6.37. The number of benzene rings is 1. The lowest BCUT2D eigenvalue weighted by Gasteiger charge is -2.21. The second-order valence-corrected chi connectivity index (χ2v) is 4.45. The van der Waals surface area contributed by atoms with E-state index in [2.05, 4.69) is 5.43 Å². The number of rotatable bonds is 8. The number of nitrogens with one attached hydrogen (secondary N) is 1. The maximum atomic E-state index is 5.65. The lowest BCUT2D eigenvalue weighted by molar-refractivity contribution is 0.106. The fraction of sp³-hybridized carbons (Fsp3) is 0.571. The van der Waals surface area contributed by atoms with Gasteiger partial charge in [0.1, 0.15) is 11.5 Å². The van der Waals surface area contributed by atoms with Gasteiger partial charge in [0, 0.05) is 24.8 Å². The average Bonchev–Trinajstić information content (AvgIpc) is 2.47. The normalized spacial score (nSPS) is 13.9. The molecule has 0 bridgehead atoms. The zero-order valence-electron chi connectivity index (χ0n) is 12.1. The van der Waals surface area contributed by atoms with Crippen molar-refractivity contribution < 1.29 is 14.2 Å². The highest BCUT2D eigenvalue weighted by Crippen LogP contribution is 2.31. The first-order chi connectivity index (χ1) is 9.15. The molecule has 3 N–H and O–H groups in total. The lowest BCUT2D eigenvalue weighted by Crippen LogP contribution is -2.29. The molecular formula is C14H24N2O3. The highest BCUT2D eigenvalue weighted by Gasteiger charge is 2.16. The van der Waals surface area contributed by atoms with Gasteiger partial charge in [0.25, 0.3) is 0 Å². The quantitative estimate of drug-likeness (QED) is 0.558.